The molecule has 0 bridgehead atoms. The zero-order valence-corrected chi connectivity index (χ0v) is 13.4. The summed E-state index contributed by atoms with van der Waals surface area (Å²) in [6.45, 7) is 2.85. The van der Waals surface area contributed by atoms with Crippen LogP contribution in [-0.2, 0) is 19.4 Å². The summed E-state index contributed by atoms with van der Waals surface area (Å²) in [6, 6.07) is 20.9. The van der Waals surface area contributed by atoms with E-state index in [4.69, 9.17) is 0 Å². The van der Waals surface area contributed by atoms with Crippen molar-refractivity contribution in [2.24, 2.45) is 0 Å². The Morgan fingerprint density at radius 2 is 1.61 bits per heavy atom. The lowest BCUT2D eigenvalue weighted by atomic mass is 10.1. The molecule has 3 aromatic rings. The van der Waals surface area contributed by atoms with Crippen LogP contribution in [0.5, 0.6) is 0 Å². The highest BCUT2D eigenvalue weighted by Gasteiger charge is 2.01. The lowest BCUT2D eigenvalue weighted by Crippen LogP contribution is -2.05. The van der Waals surface area contributed by atoms with Crippen LogP contribution in [0.1, 0.15) is 22.4 Å². The Morgan fingerprint density at radius 1 is 0.826 bits per heavy atom. The van der Waals surface area contributed by atoms with Crippen molar-refractivity contribution in [2.45, 2.75) is 26.3 Å². The first-order chi connectivity index (χ1) is 11.3. The largest absolute Gasteiger partial charge is 0.350 e. The number of benzene rings is 2. The van der Waals surface area contributed by atoms with Crippen LogP contribution in [0.2, 0.25) is 0 Å². The van der Waals surface area contributed by atoms with Gasteiger partial charge in [-0.05, 0) is 37.0 Å². The topological polar surface area (TPSA) is 37.8 Å². The second kappa shape index (κ2) is 7.54. The number of nitrogens with one attached hydrogen (secondary N) is 1. The van der Waals surface area contributed by atoms with Gasteiger partial charge in [0.25, 0.3) is 0 Å². The van der Waals surface area contributed by atoms with Crippen molar-refractivity contribution in [2.75, 3.05) is 5.32 Å². The summed E-state index contributed by atoms with van der Waals surface area (Å²) in [4.78, 5) is 8.90. The minimum Gasteiger partial charge on any atom is -0.350 e. The van der Waals surface area contributed by atoms with E-state index in [9.17, 15) is 0 Å². The molecule has 0 aliphatic carbocycles. The van der Waals surface area contributed by atoms with E-state index in [0.717, 1.165) is 25.1 Å². The lowest BCUT2D eigenvalue weighted by molar-refractivity contribution is 0.896. The summed E-state index contributed by atoms with van der Waals surface area (Å²) >= 11 is 0. The number of aryl methyl sites for hydroxylation is 3. The molecule has 1 N–H and O–H groups in total. The third kappa shape index (κ3) is 4.65. The second-order valence-electron chi connectivity index (χ2n) is 5.70. The highest BCUT2D eigenvalue weighted by atomic mass is 15.1. The molecule has 3 heteroatoms. The molecule has 1 heterocycles. The first-order valence-electron chi connectivity index (χ1n) is 7.95. The predicted molar refractivity (Wildman–Crippen MR) is 94.4 cm³/mol. The lowest BCUT2D eigenvalue weighted by Gasteiger charge is -2.07. The van der Waals surface area contributed by atoms with E-state index in [0.29, 0.717) is 5.95 Å². The molecule has 23 heavy (non-hydrogen) atoms. The monoisotopic (exact) mass is 303 g/mol. The Balaban J connectivity index is 1.57. The quantitative estimate of drug-likeness (QED) is 0.742. The zero-order chi connectivity index (χ0) is 15.9. The molecule has 0 unspecified atom stereocenters. The van der Waals surface area contributed by atoms with E-state index < -0.39 is 0 Å². The maximum absolute atomic E-state index is 4.60. The molecule has 3 rings (SSSR count). The van der Waals surface area contributed by atoms with Gasteiger partial charge in [-0.25, -0.2) is 9.97 Å². The summed E-state index contributed by atoms with van der Waals surface area (Å²) in [5, 5.41) is 3.28. The minimum atomic E-state index is 0.690. The fourth-order valence-electron chi connectivity index (χ4n) is 2.42. The molecule has 0 amide bonds. The van der Waals surface area contributed by atoms with E-state index >= 15 is 0 Å². The van der Waals surface area contributed by atoms with E-state index in [1.54, 1.807) is 0 Å². The normalized spacial score (nSPS) is 10.5. The molecule has 0 aliphatic heterocycles. The van der Waals surface area contributed by atoms with Gasteiger partial charge in [0.05, 0.1) is 0 Å². The van der Waals surface area contributed by atoms with Crippen molar-refractivity contribution in [1.29, 1.82) is 0 Å². The fourth-order valence-corrected chi connectivity index (χ4v) is 2.42. The van der Waals surface area contributed by atoms with Crippen LogP contribution >= 0.6 is 0 Å². The van der Waals surface area contributed by atoms with Gasteiger partial charge in [-0.15, -0.1) is 0 Å². The fraction of sp³-hybridized carbons (Fsp3) is 0.200. The molecule has 0 fully saturated rings. The van der Waals surface area contributed by atoms with E-state index in [1.807, 2.05) is 30.5 Å². The third-order valence-electron chi connectivity index (χ3n) is 3.80. The highest BCUT2D eigenvalue weighted by Crippen LogP contribution is 2.09. The van der Waals surface area contributed by atoms with Crippen LogP contribution in [0.15, 0.2) is 66.9 Å². The van der Waals surface area contributed by atoms with Gasteiger partial charge in [0.1, 0.15) is 0 Å². The maximum atomic E-state index is 4.60. The standard InChI is InChI=1S/C20H21N3/c1-16-7-9-17(10-8-16)11-12-19-13-14-21-20(23-19)22-15-18-5-3-2-4-6-18/h2-10,13-14H,11-12,15H2,1H3,(H,21,22,23). The van der Waals surface area contributed by atoms with Crippen LogP contribution in [0, 0.1) is 6.92 Å². The van der Waals surface area contributed by atoms with Gasteiger partial charge < -0.3 is 5.32 Å². The van der Waals surface area contributed by atoms with Gasteiger partial charge in [0.2, 0.25) is 5.95 Å². The summed E-state index contributed by atoms with van der Waals surface area (Å²) < 4.78 is 0. The number of hydrogen-bond acceptors (Lipinski definition) is 3. The second-order valence-corrected chi connectivity index (χ2v) is 5.70. The molecule has 0 spiro atoms. The minimum absolute atomic E-state index is 0.690. The average Bonchev–Trinajstić information content (AvgIpc) is 2.61. The number of anilines is 1. The number of rotatable bonds is 6. The van der Waals surface area contributed by atoms with Crippen molar-refractivity contribution in [3.05, 3.63) is 89.2 Å². The molecule has 1 aromatic heterocycles. The molecule has 116 valence electrons. The summed E-state index contributed by atoms with van der Waals surface area (Å²) in [7, 11) is 0. The van der Waals surface area contributed by atoms with E-state index in [1.165, 1.54) is 16.7 Å². The van der Waals surface area contributed by atoms with Gasteiger partial charge >= 0.3 is 0 Å². The van der Waals surface area contributed by atoms with Gasteiger partial charge in [-0.1, -0.05) is 60.2 Å². The summed E-state index contributed by atoms with van der Waals surface area (Å²) in [5.41, 5.74) is 4.92. The number of aromatic nitrogens is 2. The van der Waals surface area contributed by atoms with Crippen molar-refractivity contribution in [3.8, 4) is 0 Å². The van der Waals surface area contributed by atoms with Crippen molar-refractivity contribution < 1.29 is 0 Å². The Morgan fingerprint density at radius 3 is 2.39 bits per heavy atom. The molecule has 2 aromatic carbocycles. The molecule has 0 saturated heterocycles. The van der Waals surface area contributed by atoms with Gasteiger partial charge in [0, 0.05) is 18.4 Å². The molecular weight excluding hydrogens is 282 g/mol. The van der Waals surface area contributed by atoms with Crippen LogP contribution in [-0.4, -0.2) is 9.97 Å². The first kappa shape index (κ1) is 15.2. The summed E-state index contributed by atoms with van der Waals surface area (Å²) in [5.74, 6) is 0.690. The van der Waals surface area contributed by atoms with Gasteiger partial charge in [-0.2, -0.15) is 0 Å². The van der Waals surface area contributed by atoms with Crippen molar-refractivity contribution in [1.82, 2.24) is 9.97 Å². The highest BCUT2D eigenvalue weighted by molar-refractivity contribution is 5.29. The Bertz CT molecular complexity index is 736. The molecule has 0 aliphatic rings. The third-order valence-corrected chi connectivity index (χ3v) is 3.80. The van der Waals surface area contributed by atoms with Crippen LogP contribution < -0.4 is 5.32 Å². The average molecular weight is 303 g/mol. The summed E-state index contributed by atoms with van der Waals surface area (Å²) in [6.07, 6.45) is 3.74. The number of nitrogens with zero attached hydrogens (tertiary/aromatic N) is 2. The maximum Gasteiger partial charge on any atom is 0.223 e. The smallest absolute Gasteiger partial charge is 0.223 e. The first-order valence-corrected chi connectivity index (χ1v) is 7.95. The number of hydrogen-bond donors (Lipinski definition) is 1. The predicted octanol–water partition coefficient (Wildman–Crippen LogP) is 4.18. The zero-order valence-electron chi connectivity index (χ0n) is 13.4. The Labute approximate surface area is 137 Å². The van der Waals surface area contributed by atoms with Gasteiger partial charge in [-0.3, -0.25) is 0 Å². The van der Waals surface area contributed by atoms with E-state index in [-0.39, 0.29) is 0 Å². The molecule has 3 nitrogen and oxygen atoms in total. The Hall–Kier alpha value is -2.68. The molecule has 0 atom stereocenters. The van der Waals surface area contributed by atoms with Crippen molar-refractivity contribution >= 4 is 5.95 Å². The van der Waals surface area contributed by atoms with Crippen molar-refractivity contribution in [3.63, 3.8) is 0 Å². The van der Waals surface area contributed by atoms with Crippen LogP contribution in [0.3, 0.4) is 0 Å². The van der Waals surface area contributed by atoms with Crippen LogP contribution in [0.4, 0.5) is 5.95 Å². The van der Waals surface area contributed by atoms with Crippen LogP contribution in [0.25, 0.3) is 0 Å². The SMILES string of the molecule is Cc1ccc(CCc2ccnc(NCc3ccccc3)n2)cc1. The molecule has 0 radical (unpaired) electrons. The van der Waals surface area contributed by atoms with E-state index in [2.05, 4.69) is 58.6 Å². The molecule has 0 saturated carbocycles. The Kier molecular flexibility index (Phi) is 4.99. The molecular formula is C20H21N3. The van der Waals surface area contributed by atoms with Gasteiger partial charge in [0.15, 0.2) is 0 Å².